The molecule has 0 aliphatic rings. The number of hydrogen-bond acceptors (Lipinski definition) is 2. The summed E-state index contributed by atoms with van der Waals surface area (Å²) in [6, 6.07) is 5.78. The summed E-state index contributed by atoms with van der Waals surface area (Å²) in [6.07, 6.45) is 0.445. The van der Waals surface area contributed by atoms with Crippen LogP contribution in [0.5, 0.6) is 0 Å². The average Bonchev–Trinajstić information content (AvgIpc) is 2.20. The molecule has 0 aliphatic carbocycles. The third-order valence-corrected chi connectivity index (χ3v) is 2.19. The number of rotatable bonds is 3. The van der Waals surface area contributed by atoms with Gasteiger partial charge >= 0.3 is 6.09 Å². The molecule has 0 atom stereocenters. The smallest absolute Gasteiger partial charge is 0.411 e. The molecule has 0 radical (unpaired) electrons. The van der Waals surface area contributed by atoms with Crippen LogP contribution in [0.25, 0.3) is 0 Å². The van der Waals surface area contributed by atoms with Crippen LogP contribution in [0.3, 0.4) is 0 Å². The number of carbonyl (C=O) groups excluding carboxylic acids is 1. The lowest BCUT2D eigenvalue weighted by atomic mass is 10.1. The van der Waals surface area contributed by atoms with Crippen molar-refractivity contribution in [1.82, 2.24) is 0 Å². The molecule has 3 nitrogen and oxygen atoms in total. The van der Waals surface area contributed by atoms with Gasteiger partial charge in [-0.3, -0.25) is 5.32 Å². The molecule has 1 aromatic carbocycles. The molecule has 3 heteroatoms. The molecule has 0 aliphatic heterocycles. The maximum atomic E-state index is 11.2. The fourth-order valence-electron chi connectivity index (χ4n) is 1.17. The third kappa shape index (κ3) is 3.62. The van der Waals surface area contributed by atoms with E-state index in [9.17, 15) is 4.79 Å². The minimum atomic E-state index is -0.389. The molecule has 0 unspecified atom stereocenters. The molecule has 1 aromatic rings. The molecule has 0 fully saturated rings. The molecule has 1 rings (SSSR count). The first-order chi connectivity index (χ1) is 7.13. The Bertz CT molecular complexity index is 347. The second-order valence-corrected chi connectivity index (χ2v) is 3.56. The van der Waals surface area contributed by atoms with Gasteiger partial charge in [-0.2, -0.15) is 0 Å². The lowest BCUT2D eigenvalue weighted by Gasteiger charge is -2.07. The quantitative estimate of drug-likeness (QED) is 0.826. The van der Waals surface area contributed by atoms with Gasteiger partial charge in [0.05, 0.1) is 6.61 Å². The molecule has 0 aromatic heterocycles. The zero-order valence-electron chi connectivity index (χ0n) is 9.46. The minimum Gasteiger partial charge on any atom is -0.449 e. The van der Waals surface area contributed by atoms with Crippen molar-refractivity contribution in [2.45, 2.75) is 27.2 Å². The first-order valence-corrected chi connectivity index (χ1v) is 5.14. The van der Waals surface area contributed by atoms with Crippen LogP contribution >= 0.6 is 0 Å². The van der Waals surface area contributed by atoms with Gasteiger partial charge in [0.15, 0.2) is 0 Å². The molecule has 82 valence electrons. The van der Waals surface area contributed by atoms with Crippen LogP contribution < -0.4 is 5.32 Å². The Morgan fingerprint density at radius 1 is 1.33 bits per heavy atom. The predicted molar refractivity (Wildman–Crippen MR) is 61.2 cm³/mol. The molecule has 0 bridgehead atoms. The summed E-state index contributed by atoms with van der Waals surface area (Å²) in [5, 5.41) is 2.68. The third-order valence-electron chi connectivity index (χ3n) is 2.19. The van der Waals surface area contributed by atoms with Crippen LogP contribution in [0.4, 0.5) is 10.5 Å². The Morgan fingerprint density at radius 3 is 2.67 bits per heavy atom. The zero-order valence-corrected chi connectivity index (χ0v) is 9.46. The molecule has 0 spiro atoms. The first kappa shape index (κ1) is 11.6. The van der Waals surface area contributed by atoms with Crippen LogP contribution in [-0.4, -0.2) is 12.7 Å². The largest absolute Gasteiger partial charge is 0.449 e. The highest BCUT2D eigenvalue weighted by Crippen LogP contribution is 2.14. The standard InChI is InChI=1S/C12H17NO2/c1-4-7-15-12(14)13-11-6-5-9(2)10(3)8-11/h5-6,8H,4,7H2,1-3H3,(H,13,14). The van der Waals surface area contributed by atoms with Gasteiger partial charge in [-0.15, -0.1) is 0 Å². The fraction of sp³-hybridized carbons (Fsp3) is 0.417. The molecular formula is C12H17NO2. The van der Waals surface area contributed by atoms with E-state index in [1.54, 1.807) is 0 Å². The highest BCUT2D eigenvalue weighted by atomic mass is 16.5. The number of ether oxygens (including phenoxy) is 1. The van der Waals surface area contributed by atoms with Crippen molar-refractivity contribution in [2.75, 3.05) is 11.9 Å². The Hall–Kier alpha value is -1.51. The second-order valence-electron chi connectivity index (χ2n) is 3.56. The van der Waals surface area contributed by atoms with Gasteiger partial charge in [-0.05, 0) is 43.5 Å². The molecular weight excluding hydrogens is 190 g/mol. The Morgan fingerprint density at radius 2 is 2.07 bits per heavy atom. The van der Waals surface area contributed by atoms with Crippen molar-refractivity contribution in [1.29, 1.82) is 0 Å². The van der Waals surface area contributed by atoms with Gasteiger partial charge in [0.25, 0.3) is 0 Å². The predicted octanol–water partition coefficient (Wildman–Crippen LogP) is 3.26. The van der Waals surface area contributed by atoms with Crippen LogP contribution in [0, 0.1) is 13.8 Å². The van der Waals surface area contributed by atoms with Crippen molar-refractivity contribution in [3.63, 3.8) is 0 Å². The summed E-state index contributed by atoms with van der Waals surface area (Å²) in [5.74, 6) is 0. The second kappa shape index (κ2) is 5.39. The van der Waals surface area contributed by atoms with Crippen LogP contribution in [-0.2, 0) is 4.74 Å². The zero-order chi connectivity index (χ0) is 11.3. The van der Waals surface area contributed by atoms with Crippen molar-refractivity contribution in [3.8, 4) is 0 Å². The van der Waals surface area contributed by atoms with E-state index >= 15 is 0 Å². The van der Waals surface area contributed by atoms with E-state index in [-0.39, 0.29) is 6.09 Å². The normalized spacial score (nSPS) is 9.80. The number of nitrogens with one attached hydrogen (secondary N) is 1. The molecule has 0 saturated heterocycles. The van der Waals surface area contributed by atoms with Crippen LogP contribution in [0.15, 0.2) is 18.2 Å². The number of aryl methyl sites for hydroxylation is 2. The van der Waals surface area contributed by atoms with Crippen molar-refractivity contribution >= 4 is 11.8 Å². The Labute approximate surface area is 90.4 Å². The number of carbonyl (C=O) groups is 1. The summed E-state index contributed by atoms with van der Waals surface area (Å²) in [4.78, 5) is 11.2. The highest BCUT2D eigenvalue weighted by molar-refractivity contribution is 5.84. The maximum Gasteiger partial charge on any atom is 0.411 e. The number of benzene rings is 1. The monoisotopic (exact) mass is 207 g/mol. The molecule has 0 heterocycles. The van der Waals surface area contributed by atoms with E-state index in [0.717, 1.165) is 17.7 Å². The molecule has 1 amide bonds. The Balaban J connectivity index is 2.57. The maximum absolute atomic E-state index is 11.2. The highest BCUT2D eigenvalue weighted by Gasteiger charge is 2.02. The van der Waals surface area contributed by atoms with Crippen molar-refractivity contribution in [3.05, 3.63) is 29.3 Å². The average molecular weight is 207 g/mol. The van der Waals surface area contributed by atoms with E-state index in [4.69, 9.17) is 4.74 Å². The van der Waals surface area contributed by atoms with E-state index in [1.165, 1.54) is 5.56 Å². The van der Waals surface area contributed by atoms with Gasteiger partial charge < -0.3 is 4.74 Å². The molecule has 0 saturated carbocycles. The van der Waals surface area contributed by atoms with Gasteiger partial charge in [-0.1, -0.05) is 13.0 Å². The summed E-state index contributed by atoms with van der Waals surface area (Å²) in [5.41, 5.74) is 3.14. The van der Waals surface area contributed by atoms with Gasteiger partial charge in [0, 0.05) is 5.69 Å². The van der Waals surface area contributed by atoms with Gasteiger partial charge in [0.2, 0.25) is 0 Å². The van der Waals surface area contributed by atoms with Gasteiger partial charge in [-0.25, -0.2) is 4.79 Å². The van der Waals surface area contributed by atoms with Crippen LogP contribution in [0.1, 0.15) is 24.5 Å². The van der Waals surface area contributed by atoms with E-state index < -0.39 is 0 Å². The van der Waals surface area contributed by atoms with Crippen molar-refractivity contribution in [2.24, 2.45) is 0 Å². The molecule has 1 N–H and O–H groups in total. The number of amides is 1. The SMILES string of the molecule is CCCOC(=O)Nc1ccc(C)c(C)c1. The summed E-state index contributed by atoms with van der Waals surface area (Å²) < 4.78 is 4.92. The topological polar surface area (TPSA) is 38.3 Å². The lowest BCUT2D eigenvalue weighted by Crippen LogP contribution is -2.14. The summed E-state index contributed by atoms with van der Waals surface area (Å²) in [6.45, 7) is 6.46. The fourth-order valence-corrected chi connectivity index (χ4v) is 1.17. The summed E-state index contributed by atoms with van der Waals surface area (Å²) >= 11 is 0. The van der Waals surface area contributed by atoms with E-state index in [2.05, 4.69) is 5.32 Å². The van der Waals surface area contributed by atoms with Crippen molar-refractivity contribution < 1.29 is 9.53 Å². The van der Waals surface area contributed by atoms with Crippen LogP contribution in [0.2, 0.25) is 0 Å². The number of anilines is 1. The van der Waals surface area contributed by atoms with E-state index in [1.807, 2.05) is 39.0 Å². The lowest BCUT2D eigenvalue weighted by molar-refractivity contribution is 0.161. The first-order valence-electron chi connectivity index (χ1n) is 5.14. The summed E-state index contributed by atoms with van der Waals surface area (Å²) in [7, 11) is 0. The number of hydrogen-bond donors (Lipinski definition) is 1. The Kier molecular flexibility index (Phi) is 4.16. The van der Waals surface area contributed by atoms with Gasteiger partial charge in [0.1, 0.15) is 0 Å². The van der Waals surface area contributed by atoms with E-state index in [0.29, 0.717) is 6.61 Å². The minimum absolute atomic E-state index is 0.389. The molecule has 15 heavy (non-hydrogen) atoms.